The Kier molecular flexibility index (Phi) is 5.81. The molecule has 2 heterocycles. The molecule has 2 fully saturated rings. The summed E-state index contributed by atoms with van der Waals surface area (Å²) >= 11 is 0. The van der Waals surface area contributed by atoms with Crippen molar-refractivity contribution in [1.82, 2.24) is 20.0 Å². The first-order valence-corrected chi connectivity index (χ1v) is 8.07. The van der Waals surface area contributed by atoms with Gasteiger partial charge in [0, 0.05) is 32.2 Å². The fraction of sp³-hybridized carbons (Fsp3) is 0.933. The number of piperidine rings is 1. The van der Waals surface area contributed by atoms with Gasteiger partial charge in [0.1, 0.15) is 0 Å². The zero-order valence-corrected chi connectivity index (χ0v) is 13.3. The van der Waals surface area contributed by atoms with Gasteiger partial charge in [0.25, 0.3) is 0 Å². The molecule has 2 saturated heterocycles. The molecular formula is C15H30N4O. The van der Waals surface area contributed by atoms with Gasteiger partial charge in [-0.05, 0) is 46.4 Å². The van der Waals surface area contributed by atoms with Crippen LogP contribution in [0.15, 0.2) is 0 Å². The Balaban J connectivity index is 1.84. The molecule has 0 bridgehead atoms. The molecular weight excluding hydrogens is 252 g/mol. The fourth-order valence-electron chi connectivity index (χ4n) is 3.28. The number of nitrogens with one attached hydrogen (secondary N) is 1. The minimum Gasteiger partial charge on any atom is -0.339 e. The van der Waals surface area contributed by atoms with Crippen LogP contribution in [0.5, 0.6) is 0 Å². The summed E-state index contributed by atoms with van der Waals surface area (Å²) in [5.74, 6) is 0.298. The van der Waals surface area contributed by atoms with Crippen molar-refractivity contribution in [3.8, 4) is 0 Å². The van der Waals surface area contributed by atoms with E-state index in [4.69, 9.17) is 0 Å². The average Bonchev–Trinajstić information content (AvgIpc) is 2.53. The zero-order chi connectivity index (χ0) is 14.5. The second kappa shape index (κ2) is 7.38. The van der Waals surface area contributed by atoms with Crippen LogP contribution >= 0.6 is 0 Å². The number of rotatable bonds is 4. The highest BCUT2D eigenvalue weighted by molar-refractivity contribution is 5.81. The molecule has 20 heavy (non-hydrogen) atoms. The molecule has 0 aromatic carbocycles. The topological polar surface area (TPSA) is 38.8 Å². The molecule has 5 nitrogen and oxygen atoms in total. The van der Waals surface area contributed by atoms with Gasteiger partial charge in [-0.25, -0.2) is 0 Å². The van der Waals surface area contributed by atoms with Crippen LogP contribution in [0, 0.1) is 0 Å². The lowest BCUT2D eigenvalue weighted by molar-refractivity contribution is -0.137. The minimum atomic E-state index is 0.00581. The molecule has 0 aromatic rings. The van der Waals surface area contributed by atoms with E-state index in [0.29, 0.717) is 11.9 Å². The number of carbonyl (C=O) groups excluding carboxylic acids is 1. The summed E-state index contributed by atoms with van der Waals surface area (Å²) in [5.41, 5.74) is 0. The van der Waals surface area contributed by atoms with Crippen molar-refractivity contribution in [2.24, 2.45) is 0 Å². The standard InChI is InChI=1S/C15H30N4O/c1-4-18-9-5-14(6-10-18)17(3)13(2)15(20)19-11-7-16-8-12-19/h13-14,16H,4-12H2,1-3H3. The maximum atomic E-state index is 12.5. The fourth-order valence-corrected chi connectivity index (χ4v) is 3.28. The van der Waals surface area contributed by atoms with Crippen LogP contribution in [-0.2, 0) is 4.79 Å². The molecule has 2 aliphatic rings. The van der Waals surface area contributed by atoms with Gasteiger partial charge in [0.2, 0.25) is 5.91 Å². The van der Waals surface area contributed by atoms with Gasteiger partial charge in [0.05, 0.1) is 6.04 Å². The number of hydrogen-bond donors (Lipinski definition) is 1. The van der Waals surface area contributed by atoms with Gasteiger partial charge in [0.15, 0.2) is 0 Å². The molecule has 1 amide bonds. The maximum Gasteiger partial charge on any atom is 0.239 e. The Morgan fingerprint density at radius 3 is 2.40 bits per heavy atom. The van der Waals surface area contributed by atoms with Gasteiger partial charge < -0.3 is 15.1 Å². The van der Waals surface area contributed by atoms with Crippen molar-refractivity contribution in [1.29, 1.82) is 0 Å². The summed E-state index contributed by atoms with van der Waals surface area (Å²) in [6.07, 6.45) is 2.37. The lowest BCUT2D eigenvalue weighted by atomic mass is 10.0. The molecule has 1 atom stereocenters. The van der Waals surface area contributed by atoms with Crippen molar-refractivity contribution in [3.05, 3.63) is 0 Å². The molecule has 116 valence electrons. The number of carbonyl (C=O) groups is 1. The molecule has 0 saturated carbocycles. The number of likely N-dealkylation sites (N-methyl/N-ethyl adjacent to an activating group) is 1. The van der Waals surface area contributed by atoms with E-state index in [2.05, 4.69) is 36.0 Å². The van der Waals surface area contributed by atoms with Crippen LogP contribution in [0.25, 0.3) is 0 Å². The third-order valence-electron chi connectivity index (χ3n) is 4.98. The summed E-state index contributed by atoms with van der Waals surface area (Å²) in [6, 6.07) is 0.561. The van der Waals surface area contributed by atoms with E-state index in [-0.39, 0.29) is 6.04 Å². The lowest BCUT2D eigenvalue weighted by Gasteiger charge is -2.40. The number of amides is 1. The van der Waals surface area contributed by atoms with E-state index in [1.807, 2.05) is 4.90 Å². The normalized spacial score (nSPS) is 24.1. The van der Waals surface area contributed by atoms with Crippen molar-refractivity contribution >= 4 is 5.91 Å². The highest BCUT2D eigenvalue weighted by Gasteiger charge is 2.30. The molecule has 5 heteroatoms. The third-order valence-corrected chi connectivity index (χ3v) is 4.98. The Morgan fingerprint density at radius 2 is 1.85 bits per heavy atom. The molecule has 1 N–H and O–H groups in total. The number of nitrogens with zero attached hydrogens (tertiary/aromatic N) is 3. The highest BCUT2D eigenvalue weighted by Crippen LogP contribution is 2.18. The van der Waals surface area contributed by atoms with Crippen molar-refractivity contribution in [3.63, 3.8) is 0 Å². The van der Waals surface area contributed by atoms with Gasteiger partial charge in [-0.2, -0.15) is 0 Å². The number of hydrogen-bond acceptors (Lipinski definition) is 4. The first-order valence-electron chi connectivity index (χ1n) is 8.07. The predicted octanol–water partition coefficient (Wildman–Crippen LogP) is 0.223. The Hall–Kier alpha value is -0.650. The first-order chi connectivity index (χ1) is 9.63. The van der Waals surface area contributed by atoms with Gasteiger partial charge in [-0.3, -0.25) is 9.69 Å². The van der Waals surface area contributed by atoms with Crippen molar-refractivity contribution in [2.45, 2.75) is 38.8 Å². The zero-order valence-electron chi connectivity index (χ0n) is 13.3. The molecule has 2 aliphatic heterocycles. The van der Waals surface area contributed by atoms with E-state index in [9.17, 15) is 4.79 Å². The maximum absolute atomic E-state index is 12.5. The van der Waals surface area contributed by atoms with Gasteiger partial charge >= 0.3 is 0 Å². The first kappa shape index (κ1) is 15.7. The van der Waals surface area contributed by atoms with Crippen molar-refractivity contribution < 1.29 is 4.79 Å². The van der Waals surface area contributed by atoms with Crippen LogP contribution < -0.4 is 5.32 Å². The van der Waals surface area contributed by atoms with Crippen molar-refractivity contribution in [2.75, 3.05) is 52.9 Å². The molecule has 0 aromatic heterocycles. The molecule has 2 rings (SSSR count). The summed E-state index contributed by atoms with van der Waals surface area (Å²) in [4.78, 5) is 19.4. The lowest BCUT2D eigenvalue weighted by Crippen LogP contribution is -2.55. The van der Waals surface area contributed by atoms with Gasteiger partial charge in [-0.15, -0.1) is 0 Å². The molecule has 0 spiro atoms. The van der Waals surface area contributed by atoms with E-state index in [0.717, 1.165) is 32.7 Å². The van der Waals surface area contributed by atoms with Crippen LogP contribution in [0.3, 0.4) is 0 Å². The molecule has 1 unspecified atom stereocenters. The van der Waals surface area contributed by atoms with Crippen LogP contribution in [0.4, 0.5) is 0 Å². The van der Waals surface area contributed by atoms with E-state index < -0.39 is 0 Å². The van der Waals surface area contributed by atoms with E-state index in [1.54, 1.807) is 0 Å². The average molecular weight is 282 g/mol. The smallest absolute Gasteiger partial charge is 0.239 e. The number of piperazine rings is 1. The quantitative estimate of drug-likeness (QED) is 0.801. The SMILES string of the molecule is CCN1CCC(N(C)C(C)C(=O)N2CCNCC2)CC1. The predicted molar refractivity (Wildman–Crippen MR) is 81.8 cm³/mol. The third kappa shape index (κ3) is 3.71. The second-order valence-electron chi connectivity index (χ2n) is 6.08. The van der Waals surface area contributed by atoms with E-state index in [1.165, 1.54) is 25.9 Å². The largest absolute Gasteiger partial charge is 0.339 e. The Labute approximate surface area is 123 Å². The van der Waals surface area contributed by atoms with Crippen LogP contribution in [-0.4, -0.2) is 85.6 Å². The molecule has 0 aliphatic carbocycles. The number of likely N-dealkylation sites (tertiary alicyclic amines) is 1. The second-order valence-corrected chi connectivity index (χ2v) is 6.08. The van der Waals surface area contributed by atoms with Crippen LogP contribution in [0.2, 0.25) is 0 Å². The molecule has 0 radical (unpaired) electrons. The van der Waals surface area contributed by atoms with E-state index >= 15 is 0 Å². The summed E-state index contributed by atoms with van der Waals surface area (Å²) in [7, 11) is 2.12. The summed E-state index contributed by atoms with van der Waals surface area (Å²) in [5, 5.41) is 3.30. The van der Waals surface area contributed by atoms with Crippen LogP contribution in [0.1, 0.15) is 26.7 Å². The Morgan fingerprint density at radius 1 is 1.25 bits per heavy atom. The Bertz CT molecular complexity index is 309. The summed E-state index contributed by atoms with van der Waals surface area (Å²) < 4.78 is 0. The highest BCUT2D eigenvalue weighted by atomic mass is 16.2. The van der Waals surface area contributed by atoms with Gasteiger partial charge in [-0.1, -0.05) is 6.92 Å². The minimum absolute atomic E-state index is 0.00581. The monoisotopic (exact) mass is 282 g/mol. The summed E-state index contributed by atoms with van der Waals surface area (Å²) in [6.45, 7) is 11.3.